The maximum atomic E-state index is 12.8. The molecule has 37 heavy (non-hydrogen) atoms. The first-order valence-corrected chi connectivity index (χ1v) is 14.2. The van der Waals surface area contributed by atoms with E-state index in [9.17, 15) is 19.2 Å². The number of carbonyl (C=O) groups excluding carboxylic acids is 4. The summed E-state index contributed by atoms with van der Waals surface area (Å²) in [5.41, 5.74) is 0. The molecule has 8 heteroatoms. The Labute approximate surface area is 222 Å². The predicted octanol–water partition coefficient (Wildman–Crippen LogP) is 6.81. The molecular formula is C29H48O8. The molecule has 0 aromatic carbocycles. The van der Waals surface area contributed by atoms with E-state index in [4.69, 9.17) is 9.78 Å². The molecule has 1 aliphatic rings. The van der Waals surface area contributed by atoms with Gasteiger partial charge in [-0.25, -0.2) is 38.7 Å². The number of rotatable bonds is 16. The maximum Gasteiger partial charge on any atom is 0.359 e. The topological polar surface area (TPSA) is 105 Å². The number of hydrogen-bond donors (Lipinski definition) is 0. The van der Waals surface area contributed by atoms with Crippen molar-refractivity contribution in [2.45, 2.75) is 118 Å². The Balaban J connectivity index is 2.39. The van der Waals surface area contributed by atoms with Crippen LogP contribution in [0.2, 0.25) is 0 Å². The maximum absolute atomic E-state index is 12.8. The summed E-state index contributed by atoms with van der Waals surface area (Å²) in [5, 5.41) is 0. The Morgan fingerprint density at radius 3 is 1.92 bits per heavy atom. The average molecular weight is 525 g/mol. The quantitative estimate of drug-likeness (QED) is 0.0938. The van der Waals surface area contributed by atoms with Crippen LogP contribution in [0.3, 0.4) is 0 Å². The van der Waals surface area contributed by atoms with Crippen LogP contribution in [0, 0.1) is 29.6 Å². The van der Waals surface area contributed by atoms with Gasteiger partial charge < -0.3 is 0 Å². The van der Waals surface area contributed by atoms with Crippen LogP contribution in [0.4, 0.5) is 0 Å². The second-order valence-electron chi connectivity index (χ2n) is 10.8. The lowest BCUT2D eigenvalue weighted by molar-refractivity contribution is -0.265. The van der Waals surface area contributed by atoms with Gasteiger partial charge in [-0.2, -0.15) is 0 Å². The van der Waals surface area contributed by atoms with Crippen molar-refractivity contribution in [2.24, 2.45) is 29.6 Å². The monoisotopic (exact) mass is 524 g/mol. The van der Waals surface area contributed by atoms with Gasteiger partial charge in [-0.05, 0) is 37.5 Å². The standard InChI is InChI=1S/C29H48O8/c1-6-7-8-13-16-24-19-18-23(20-25(24)29(33)37-36-28(32)22(4)5)15-12-10-9-11-14-17-26(30)34-35-27(31)21(2)3/h18-19,21-25H,6-17,20H2,1-5H3. The predicted molar refractivity (Wildman–Crippen MR) is 139 cm³/mol. The fourth-order valence-electron chi connectivity index (χ4n) is 4.27. The van der Waals surface area contributed by atoms with Crippen molar-refractivity contribution in [1.29, 1.82) is 0 Å². The Morgan fingerprint density at radius 2 is 1.27 bits per heavy atom. The van der Waals surface area contributed by atoms with Crippen molar-refractivity contribution >= 4 is 23.9 Å². The van der Waals surface area contributed by atoms with E-state index in [2.05, 4.69) is 28.9 Å². The molecule has 0 aliphatic heterocycles. The highest BCUT2D eigenvalue weighted by Crippen LogP contribution is 2.35. The number of allylic oxidation sites excluding steroid dienone is 2. The van der Waals surface area contributed by atoms with E-state index in [0.717, 1.165) is 57.8 Å². The number of hydrogen-bond acceptors (Lipinski definition) is 8. The molecule has 0 spiro atoms. The lowest BCUT2D eigenvalue weighted by Crippen LogP contribution is -2.31. The summed E-state index contributed by atoms with van der Waals surface area (Å²) < 4.78 is 0. The van der Waals surface area contributed by atoms with Gasteiger partial charge in [-0.3, -0.25) is 0 Å². The van der Waals surface area contributed by atoms with Gasteiger partial charge in [0.05, 0.1) is 24.2 Å². The van der Waals surface area contributed by atoms with E-state index in [0.29, 0.717) is 12.8 Å². The molecular weight excluding hydrogens is 476 g/mol. The molecule has 0 N–H and O–H groups in total. The lowest BCUT2D eigenvalue weighted by atomic mass is 9.75. The van der Waals surface area contributed by atoms with E-state index in [1.54, 1.807) is 27.7 Å². The molecule has 8 nitrogen and oxygen atoms in total. The van der Waals surface area contributed by atoms with E-state index in [-0.39, 0.29) is 36.0 Å². The van der Waals surface area contributed by atoms with Crippen molar-refractivity contribution in [2.75, 3.05) is 0 Å². The molecule has 0 aromatic heterocycles. The van der Waals surface area contributed by atoms with Crippen LogP contribution < -0.4 is 0 Å². The second kappa shape index (κ2) is 18.8. The first-order chi connectivity index (χ1) is 17.6. The third-order valence-electron chi connectivity index (χ3n) is 6.72. The third kappa shape index (κ3) is 14.2. The molecule has 3 unspecified atom stereocenters. The SMILES string of the molecule is CCCCCCC1C=CC(CCCCCCCC(=O)OOC(=O)C(C)C)CC1C(=O)OOC(=O)C(C)C. The first-order valence-electron chi connectivity index (χ1n) is 14.2. The van der Waals surface area contributed by atoms with Crippen LogP contribution in [0.5, 0.6) is 0 Å². The third-order valence-corrected chi connectivity index (χ3v) is 6.72. The Morgan fingerprint density at radius 1 is 0.703 bits per heavy atom. The molecule has 1 rings (SSSR count). The van der Waals surface area contributed by atoms with Gasteiger partial charge in [0.2, 0.25) is 0 Å². The molecule has 3 atom stereocenters. The molecule has 0 amide bonds. The summed E-state index contributed by atoms with van der Waals surface area (Å²) in [4.78, 5) is 66.2. The normalized spacial score (nSPS) is 19.1. The Kier molecular flexibility index (Phi) is 16.6. The van der Waals surface area contributed by atoms with Gasteiger partial charge in [-0.15, -0.1) is 0 Å². The van der Waals surface area contributed by atoms with Crippen molar-refractivity contribution in [1.82, 2.24) is 0 Å². The number of carbonyl (C=O) groups is 4. The molecule has 0 saturated heterocycles. The molecule has 0 saturated carbocycles. The van der Waals surface area contributed by atoms with Crippen LogP contribution in [-0.2, 0) is 38.7 Å². The van der Waals surface area contributed by atoms with Crippen molar-refractivity contribution in [3.63, 3.8) is 0 Å². The molecule has 0 bridgehead atoms. The van der Waals surface area contributed by atoms with Gasteiger partial charge in [0, 0.05) is 0 Å². The Bertz CT molecular complexity index is 727. The molecule has 0 aromatic rings. The first kappa shape index (κ1) is 32.6. The van der Waals surface area contributed by atoms with Gasteiger partial charge in [-0.1, -0.05) is 98.1 Å². The lowest BCUT2D eigenvalue weighted by Gasteiger charge is -2.30. The highest BCUT2D eigenvalue weighted by atomic mass is 17.2. The van der Waals surface area contributed by atoms with Crippen molar-refractivity contribution < 1.29 is 38.7 Å². The minimum Gasteiger partial charge on any atom is -0.247 e. The van der Waals surface area contributed by atoms with Gasteiger partial charge in [0.1, 0.15) is 0 Å². The van der Waals surface area contributed by atoms with E-state index < -0.39 is 23.9 Å². The van der Waals surface area contributed by atoms with E-state index >= 15 is 0 Å². The van der Waals surface area contributed by atoms with Gasteiger partial charge in [0.15, 0.2) is 0 Å². The summed E-state index contributed by atoms with van der Waals surface area (Å²) in [6, 6.07) is 0. The van der Waals surface area contributed by atoms with Gasteiger partial charge in [0.25, 0.3) is 0 Å². The molecule has 0 radical (unpaired) electrons. The van der Waals surface area contributed by atoms with E-state index in [1.165, 1.54) is 6.42 Å². The molecule has 212 valence electrons. The second-order valence-corrected chi connectivity index (χ2v) is 10.8. The summed E-state index contributed by atoms with van der Waals surface area (Å²) in [7, 11) is 0. The average Bonchev–Trinajstić information content (AvgIpc) is 2.87. The smallest absolute Gasteiger partial charge is 0.247 e. The minimum absolute atomic E-state index is 0.109. The Hall–Kier alpha value is -2.38. The van der Waals surface area contributed by atoms with Crippen molar-refractivity contribution in [3.05, 3.63) is 12.2 Å². The van der Waals surface area contributed by atoms with Crippen LogP contribution in [-0.4, -0.2) is 23.9 Å². The summed E-state index contributed by atoms with van der Waals surface area (Å²) in [5.74, 6) is -2.67. The van der Waals surface area contributed by atoms with E-state index in [1.807, 2.05) is 0 Å². The van der Waals surface area contributed by atoms with Crippen molar-refractivity contribution in [3.8, 4) is 0 Å². The molecule has 1 aliphatic carbocycles. The zero-order chi connectivity index (χ0) is 27.6. The molecule has 0 heterocycles. The zero-order valence-electron chi connectivity index (χ0n) is 23.5. The summed E-state index contributed by atoms with van der Waals surface area (Å²) in [6.07, 6.45) is 16.4. The van der Waals surface area contributed by atoms with Crippen LogP contribution in [0.25, 0.3) is 0 Å². The molecule has 0 fully saturated rings. The fourth-order valence-corrected chi connectivity index (χ4v) is 4.27. The minimum atomic E-state index is -0.556. The van der Waals surface area contributed by atoms with Crippen LogP contribution in [0.1, 0.15) is 118 Å². The summed E-state index contributed by atoms with van der Waals surface area (Å²) >= 11 is 0. The fraction of sp³-hybridized carbons (Fsp3) is 0.793. The van der Waals surface area contributed by atoms with Crippen LogP contribution >= 0.6 is 0 Å². The highest BCUT2D eigenvalue weighted by Gasteiger charge is 2.34. The largest absolute Gasteiger partial charge is 0.359 e. The van der Waals surface area contributed by atoms with Crippen LogP contribution in [0.15, 0.2) is 12.2 Å². The zero-order valence-corrected chi connectivity index (χ0v) is 23.5. The number of unbranched alkanes of at least 4 members (excludes halogenated alkanes) is 7. The summed E-state index contributed by atoms with van der Waals surface area (Å²) in [6.45, 7) is 8.91. The van der Waals surface area contributed by atoms with Gasteiger partial charge >= 0.3 is 23.9 Å². The highest BCUT2D eigenvalue weighted by molar-refractivity contribution is 5.76.